The second kappa shape index (κ2) is 5.16. The van der Waals surface area contributed by atoms with E-state index in [1.807, 2.05) is 11.4 Å². The largest absolute Gasteiger partial charge is 0.309 e. The molecule has 0 atom stereocenters. The molecule has 16 heavy (non-hydrogen) atoms. The molecule has 1 aromatic heterocycles. The summed E-state index contributed by atoms with van der Waals surface area (Å²) >= 11 is 5.19. The molecule has 1 N–H and O–H groups in total. The molecule has 3 nitrogen and oxygen atoms in total. The maximum Gasteiger partial charge on any atom is 0.150 e. The van der Waals surface area contributed by atoms with E-state index in [9.17, 15) is 8.42 Å². The summed E-state index contributed by atoms with van der Waals surface area (Å²) in [5.74, 6) is 0.659. The molecular formula is C10H14BrNO2S2. The maximum atomic E-state index is 11.2. The van der Waals surface area contributed by atoms with E-state index in [-0.39, 0.29) is 0 Å². The fraction of sp³-hybridized carbons (Fsp3) is 0.600. The van der Waals surface area contributed by atoms with Crippen molar-refractivity contribution in [1.29, 1.82) is 0 Å². The van der Waals surface area contributed by atoms with E-state index in [2.05, 4.69) is 21.2 Å². The number of hydrogen-bond donors (Lipinski definition) is 1. The Balaban J connectivity index is 1.82. The van der Waals surface area contributed by atoms with Crippen molar-refractivity contribution in [2.45, 2.75) is 25.4 Å². The lowest BCUT2D eigenvalue weighted by molar-refractivity contribution is 0.464. The summed E-state index contributed by atoms with van der Waals surface area (Å²) < 4.78 is 23.6. The number of nitrogens with one attached hydrogen (secondary N) is 1. The molecule has 1 aromatic rings. The Morgan fingerprint density at radius 1 is 1.44 bits per heavy atom. The lowest BCUT2D eigenvalue weighted by Gasteiger charge is -2.22. The molecule has 0 bridgehead atoms. The minimum Gasteiger partial charge on any atom is -0.309 e. The number of thiophene rings is 1. The van der Waals surface area contributed by atoms with Crippen molar-refractivity contribution in [3.63, 3.8) is 0 Å². The molecule has 0 radical (unpaired) electrons. The second-order valence-electron chi connectivity index (χ2n) is 4.00. The molecule has 2 rings (SSSR count). The van der Waals surface area contributed by atoms with Gasteiger partial charge in [0, 0.05) is 21.9 Å². The average molecular weight is 324 g/mol. The van der Waals surface area contributed by atoms with Gasteiger partial charge >= 0.3 is 0 Å². The van der Waals surface area contributed by atoms with E-state index in [0.29, 0.717) is 17.5 Å². The Kier molecular flexibility index (Phi) is 4.05. The molecule has 1 aliphatic heterocycles. The van der Waals surface area contributed by atoms with E-state index in [1.54, 1.807) is 11.3 Å². The van der Waals surface area contributed by atoms with E-state index in [4.69, 9.17) is 0 Å². The Hall–Kier alpha value is 0.0900. The van der Waals surface area contributed by atoms with Gasteiger partial charge < -0.3 is 5.32 Å². The normalized spacial score (nSPS) is 21.1. The highest BCUT2D eigenvalue weighted by Gasteiger charge is 2.23. The minimum absolute atomic E-state index is 0.330. The first-order chi connectivity index (χ1) is 7.57. The van der Waals surface area contributed by atoms with Gasteiger partial charge in [-0.25, -0.2) is 8.42 Å². The zero-order valence-electron chi connectivity index (χ0n) is 8.78. The van der Waals surface area contributed by atoms with Crippen LogP contribution in [0.15, 0.2) is 15.9 Å². The lowest BCUT2D eigenvalue weighted by Crippen LogP contribution is -2.37. The summed E-state index contributed by atoms with van der Waals surface area (Å²) in [5.41, 5.74) is 0. The molecule has 6 heteroatoms. The minimum atomic E-state index is -2.74. The predicted molar refractivity (Wildman–Crippen MR) is 70.5 cm³/mol. The predicted octanol–water partition coefficient (Wildman–Crippen LogP) is 2.18. The third-order valence-electron chi connectivity index (χ3n) is 2.80. The van der Waals surface area contributed by atoms with Crippen LogP contribution in [0, 0.1) is 0 Å². The highest BCUT2D eigenvalue weighted by Crippen LogP contribution is 2.23. The van der Waals surface area contributed by atoms with Gasteiger partial charge in [-0.05, 0) is 40.2 Å². The van der Waals surface area contributed by atoms with Gasteiger partial charge in [0.2, 0.25) is 0 Å². The maximum absolute atomic E-state index is 11.2. The molecule has 2 heterocycles. The van der Waals surface area contributed by atoms with Gasteiger partial charge in [0.15, 0.2) is 0 Å². The molecule has 0 amide bonds. The molecular weight excluding hydrogens is 310 g/mol. The molecule has 0 spiro atoms. The summed E-state index contributed by atoms with van der Waals surface area (Å²) in [6.45, 7) is 0.822. The summed E-state index contributed by atoms with van der Waals surface area (Å²) in [4.78, 5) is 1.27. The van der Waals surface area contributed by atoms with Crippen LogP contribution in [0.25, 0.3) is 0 Å². The van der Waals surface area contributed by atoms with Gasteiger partial charge in [0.25, 0.3) is 0 Å². The number of hydrogen-bond acceptors (Lipinski definition) is 4. The van der Waals surface area contributed by atoms with E-state index in [0.717, 1.165) is 23.9 Å². The van der Waals surface area contributed by atoms with Crippen LogP contribution in [-0.2, 0) is 16.4 Å². The Labute approximate surface area is 108 Å². The van der Waals surface area contributed by atoms with Crippen molar-refractivity contribution < 1.29 is 8.42 Å². The summed E-state index contributed by atoms with van der Waals surface area (Å²) in [7, 11) is -2.74. The Morgan fingerprint density at radius 3 is 2.69 bits per heavy atom. The van der Waals surface area contributed by atoms with Gasteiger partial charge in [-0.2, -0.15) is 0 Å². The van der Waals surface area contributed by atoms with Crippen LogP contribution in [0.2, 0.25) is 0 Å². The average Bonchev–Trinajstić information content (AvgIpc) is 2.63. The van der Waals surface area contributed by atoms with Crippen molar-refractivity contribution >= 4 is 37.1 Å². The van der Waals surface area contributed by atoms with Crippen LogP contribution >= 0.6 is 27.3 Å². The molecule has 0 unspecified atom stereocenters. The number of sulfone groups is 1. The topological polar surface area (TPSA) is 46.2 Å². The standard InChI is InChI=1S/C10H14BrNO2S2/c11-9-1-4-15-10(9)7-12-8-2-5-16(13,14)6-3-8/h1,4,8,12H,2-3,5-7H2. The van der Waals surface area contributed by atoms with E-state index in [1.165, 1.54) is 4.88 Å². The number of rotatable bonds is 3. The van der Waals surface area contributed by atoms with Crippen LogP contribution in [-0.4, -0.2) is 26.0 Å². The van der Waals surface area contributed by atoms with Crippen molar-refractivity contribution in [2.75, 3.05) is 11.5 Å². The first kappa shape index (κ1) is 12.5. The van der Waals surface area contributed by atoms with E-state index >= 15 is 0 Å². The fourth-order valence-electron chi connectivity index (χ4n) is 1.78. The summed E-state index contributed by atoms with van der Waals surface area (Å²) in [5, 5.41) is 5.47. The van der Waals surface area contributed by atoms with Crippen LogP contribution in [0.3, 0.4) is 0 Å². The Bertz CT molecular complexity index is 441. The highest BCUT2D eigenvalue weighted by molar-refractivity contribution is 9.10. The summed E-state index contributed by atoms with van der Waals surface area (Å²) in [6, 6.07) is 2.38. The quantitative estimate of drug-likeness (QED) is 0.927. The Morgan fingerprint density at radius 2 is 2.12 bits per heavy atom. The summed E-state index contributed by atoms with van der Waals surface area (Å²) in [6.07, 6.45) is 1.48. The number of halogens is 1. The van der Waals surface area contributed by atoms with Gasteiger partial charge in [0.05, 0.1) is 11.5 Å². The lowest BCUT2D eigenvalue weighted by atomic mass is 10.1. The molecule has 0 aromatic carbocycles. The highest BCUT2D eigenvalue weighted by atomic mass is 79.9. The second-order valence-corrected chi connectivity index (χ2v) is 8.16. The third-order valence-corrected chi connectivity index (χ3v) is 6.44. The zero-order valence-corrected chi connectivity index (χ0v) is 12.0. The van der Waals surface area contributed by atoms with Crippen molar-refractivity contribution in [2.24, 2.45) is 0 Å². The molecule has 1 saturated heterocycles. The van der Waals surface area contributed by atoms with Crippen LogP contribution < -0.4 is 5.32 Å². The first-order valence-electron chi connectivity index (χ1n) is 5.22. The molecule has 1 fully saturated rings. The molecule has 90 valence electrons. The molecule has 0 aliphatic carbocycles. The van der Waals surface area contributed by atoms with E-state index < -0.39 is 9.84 Å². The van der Waals surface area contributed by atoms with Gasteiger partial charge in [-0.1, -0.05) is 0 Å². The van der Waals surface area contributed by atoms with Crippen LogP contribution in [0.4, 0.5) is 0 Å². The first-order valence-corrected chi connectivity index (χ1v) is 8.72. The van der Waals surface area contributed by atoms with Crippen molar-refractivity contribution in [3.05, 3.63) is 20.8 Å². The van der Waals surface area contributed by atoms with Gasteiger partial charge in [-0.3, -0.25) is 0 Å². The molecule has 1 aliphatic rings. The van der Waals surface area contributed by atoms with Gasteiger partial charge in [0.1, 0.15) is 9.84 Å². The SMILES string of the molecule is O=S1(=O)CCC(NCc2sccc2Br)CC1. The monoisotopic (exact) mass is 323 g/mol. The van der Waals surface area contributed by atoms with Gasteiger partial charge in [-0.15, -0.1) is 11.3 Å². The smallest absolute Gasteiger partial charge is 0.150 e. The molecule has 0 saturated carbocycles. The van der Waals surface area contributed by atoms with Crippen LogP contribution in [0.5, 0.6) is 0 Å². The van der Waals surface area contributed by atoms with Crippen molar-refractivity contribution in [3.8, 4) is 0 Å². The zero-order chi connectivity index (χ0) is 11.6. The van der Waals surface area contributed by atoms with Crippen molar-refractivity contribution in [1.82, 2.24) is 5.32 Å². The third kappa shape index (κ3) is 3.29. The van der Waals surface area contributed by atoms with Crippen LogP contribution in [0.1, 0.15) is 17.7 Å². The fourth-order valence-corrected chi connectivity index (χ4v) is 4.72.